The SMILES string of the molecule is O=C[C@H](O)O[C@H](CO)[C@@H](O)C=O. The van der Waals surface area contributed by atoms with E-state index in [1.54, 1.807) is 0 Å². The summed E-state index contributed by atoms with van der Waals surface area (Å²) < 4.78 is 4.36. The monoisotopic (exact) mass is 178 g/mol. The second-order valence-corrected chi connectivity index (χ2v) is 2.01. The van der Waals surface area contributed by atoms with Gasteiger partial charge in [-0.15, -0.1) is 0 Å². The Bertz CT molecular complexity index is 147. The van der Waals surface area contributed by atoms with E-state index in [2.05, 4.69) is 4.74 Å². The molecule has 0 bridgehead atoms. The molecule has 0 saturated carbocycles. The maximum absolute atomic E-state index is 9.96. The lowest BCUT2D eigenvalue weighted by molar-refractivity contribution is -0.175. The molecular weight excluding hydrogens is 168 g/mol. The topological polar surface area (TPSA) is 104 Å². The molecule has 0 saturated heterocycles. The van der Waals surface area contributed by atoms with Crippen LogP contribution in [0.5, 0.6) is 0 Å². The number of aldehydes is 2. The molecule has 0 amide bonds. The van der Waals surface area contributed by atoms with Gasteiger partial charge in [-0.25, -0.2) is 0 Å². The van der Waals surface area contributed by atoms with Crippen LogP contribution in [0.2, 0.25) is 0 Å². The van der Waals surface area contributed by atoms with Gasteiger partial charge in [-0.3, -0.25) is 4.79 Å². The zero-order valence-corrected chi connectivity index (χ0v) is 6.16. The Hall–Kier alpha value is -0.820. The van der Waals surface area contributed by atoms with E-state index in [0.29, 0.717) is 0 Å². The molecule has 0 unspecified atom stereocenters. The fourth-order valence-corrected chi connectivity index (χ4v) is 0.530. The number of ether oxygens (including phenoxy) is 1. The van der Waals surface area contributed by atoms with E-state index in [1.165, 1.54) is 0 Å². The van der Waals surface area contributed by atoms with Crippen molar-refractivity contribution in [2.45, 2.75) is 18.5 Å². The summed E-state index contributed by atoms with van der Waals surface area (Å²) in [5, 5.41) is 25.9. The summed E-state index contributed by atoms with van der Waals surface area (Å²) in [6.45, 7) is -0.662. The highest BCUT2D eigenvalue weighted by Gasteiger charge is 2.21. The second kappa shape index (κ2) is 5.78. The maximum atomic E-state index is 9.96. The first kappa shape index (κ1) is 11.2. The van der Waals surface area contributed by atoms with Gasteiger partial charge < -0.3 is 24.9 Å². The van der Waals surface area contributed by atoms with Crippen LogP contribution in [0.25, 0.3) is 0 Å². The van der Waals surface area contributed by atoms with Crippen LogP contribution >= 0.6 is 0 Å². The van der Waals surface area contributed by atoms with Gasteiger partial charge in [-0.2, -0.15) is 0 Å². The van der Waals surface area contributed by atoms with Gasteiger partial charge in [0.2, 0.25) is 6.29 Å². The minimum Gasteiger partial charge on any atom is -0.394 e. The first-order valence-electron chi connectivity index (χ1n) is 3.18. The predicted molar refractivity (Wildman–Crippen MR) is 36.1 cm³/mol. The summed E-state index contributed by atoms with van der Waals surface area (Å²) >= 11 is 0. The number of rotatable bonds is 6. The first-order chi connectivity index (χ1) is 5.65. The average molecular weight is 178 g/mol. The van der Waals surface area contributed by atoms with E-state index in [0.717, 1.165) is 0 Å². The molecule has 3 atom stereocenters. The number of carbonyl (C=O) groups excluding carboxylic acids is 2. The highest BCUT2D eigenvalue weighted by molar-refractivity contribution is 5.57. The number of aliphatic hydroxyl groups excluding tert-OH is 3. The van der Waals surface area contributed by atoms with Gasteiger partial charge >= 0.3 is 0 Å². The molecule has 0 aromatic heterocycles. The highest BCUT2D eigenvalue weighted by Crippen LogP contribution is 1.98. The lowest BCUT2D eigenvalue weighted by atomic mass is 10.2. The van der Waals surface area contributed by atoms with Crippen LogP contribution in [-0.2, 0) is 14.3 Å². The Morgan fingerprint density at radius 2 is 1.83 bits per heavy atom. The molecule has 6 heteroatoms. The Balaban J connectivity index is 3.97. The third-order valence-electron chi connectivity index (χ3n) is 1.13. The molecule has 0 spiro atoms. The lowest BCUT2D eigenvalue weighted by Gasteiger charge is -2.17. The minimum absolute atomic E-state index is 0.0696. The highest BCUT2D eigenvalue weighted by atomic mass is 16.6. The average Bonchev–Trinajstić information content (AvgIpc) is 2.12. The van der Waals surface area contributed by atoms with Gasteiger partial charge in [-0.05, 0) is 0 Å². The third kappa shape index (κ3) is 3.54. The molecule has 0 aliphatic rings. The zero-order chi connectivity index (χ0) is 9.56. The Labute approximate surface area is 68.4 Å². The molecule has 0 heterocycles. The summed E-state index contributed by atoms with van der Waals surface area (Å²) in [4.78, 5) is 19.8. The van der Waals surface area contributed by atoms with E-state index in [1.807, 2.05) is 0 Å². The van der Waals surface area contributed by atoms with Gasteiger partial charge in [0.25, 0.3) is 0 Å². The quantitative estimate of drug-likeness (QED) is 0.305. The van der Waals surface area contributed by atoms with Crippen LogP contribution in [0.4, 0.5) is 0 Å². The summed E-state index contributed by atoms with van der Waals surface area (Å²) in [5.41, 5.74) is 0. The van der Waals surface area contributed by atoms with Crippen LogP contribution in [0.3, 0.4) is 0 Å². The standard InChI is InChI=1S/C6H10O6/c7-1-4(10)5(2-8)12-6(11)3-9/h1,3-6,8,10-11H,2H2/t4-,5+,6+/m0/s1. The zero-order valence-electron chi connectivity index (χ0n) is 6.16. The molecule has 0 aromatic rings. The number of hydrogen-bond acceptors (Lipinski definition) is 6. The van der Waals surface area contributed by atoms with Crippen LogP contribution < -0.4 is 0 Å². The third-order valence-corrected chi connectivity index (χ3v) is 1.13. The van der Waals surface area contributed by atoms with Crippen molar-refractivity contribution in [3.05, 3.63) is 0 Å². The van der Waals surface area contributed by atoms with Crippen molar-refractivity contribution >= 4 is 12.6 Å². The molecule has 12 heavy (non-hydrogen) atoms. The molecule has 3 N–H and O–H groups in total. The van der Waals surface area contributed by atoms with E-state index in [9.17, 15) is 9.59 Å². The van der Waals surface area contributed by atoms with E-state index in [4.69, 9.17) is 15.3 Å². The number of aliphatic hydroxyl groups is 3. The van der Waals surface area contributed by atoms with Crippen molar-refractivity contribution in [1.82, 2.24) is 0 Å². The van der Waals surface area contributed by atoms with E-state index in [-0.39, 0.29) is 12.6 Å². The molecule has 0 radical (unpaired) electrons. The number of hydrogen-bond donors (Lipinski definition) is 3. The van der Waals surface area contributed by atoms with E-state index >= 15 is 0 Å². The van der Waals surface area contributed by atoms with Gasteiger partial charge in [0, 0.05) is 0 Å². The van der Waals surface area contributed by atoms with Gasteiger partial charge in [-0.1, -0.05) is 0 Å². The molecule has 0 fully saturated rings. The van der Waals surface area contributed by atoms with Crippen molar-refractivity contribution in [3.8, 4) is 0 Å². The van der Waals surface area contributed by atoms with Gasteiger partial charge in [0.1, 0.15) is 12.2 Å². The van der Waals surface area contributed by atoms with Crippen molar-refractivity contribution < 1.29 is 29.6 Å². The fourth-order valence-electron chi connectivity index (χ4n) is 0.530. The van der Waals surface area contributed by atoms with Crippen molar-refractivity contribution in [3.63, 3.8) is 0 Å². The van der Waals surface area contributed by atoms with Gasteiger partial charge in [0.15, 0.2) is 12.6 Å². The summed E-state index contributed by atoms with van der Waals surface area (Å²) in [7, 11) is 0. The first-order valence-corrected chi connectivity index (χ1v) is 3.18. The Kier molecular flexibility index (Phi) is 5.39. The van der Waals surface area contributed by atoms with E-state index < -0.39 is 25.1 Å². The summed E-state index contributed by atoms with van der Waals surface area (Å²) in [6.07, 6.45) is -4.36. The molecule has 70 valence electrons. The van der Waals surface area contributed by atoms with Crippen molar-refractivity contribution in [1.29, 1.82) is 0 Å². The molecule has 0 aliphatic heterocycles. The van der Waals surface area contributed by atoms with Crippen LogP contribution in [0.15, 0.2) is 0 Å². The molecule has 6 nitrogen and oxygen atoms in total. The molecule has 0 rings (SSSR count). The fraction of sp³-hybridized carbons (Fsp3) is 0.667. The molecular formula is C6H10O6. The van der Waals surface area contributed by atoms with Crippen LogP contribution in [-0.4, -0.2) is 53.0 Å². The van der Waals surface area contributed by atoms with Crippen molar-refractivity contribution in [2.24, 2.45) is 0 Å². The largest absolute Gasteiger partial charge is 0.394 e. The lowest BCUT2D eigenvalue weighted by Crippen LogP contribution is -2.37. The smallest absolute Gasteiger partial charge is 0.212 e. The Morgan fingerprint density at radius 1 is 1.25 bits per heavy atom. The number of carbonyl (C=O) groups is 2. The normalized spacial score (nSPS) is 17.9. The second-order valence-electron chi connectivity index (χ2n) is 2.01. The molecule has 0 aromatic carbocycles. The van der Waals surface area contributed by atoms with Crippen LogP contribution in [0.1, 0.15) is 0 Å². The summed E-state index contributed by atoms with van der Waals surface area (Å²) in [6, 6.07) is 0. The van der Waals surface area contributed by atoms with Crippen LogP contribution in [0, 0.1) is 0 Å². The predicted octanol–water partition coefficient (Wildman–Crippen LogP) is -2.56. The summed E-state index contributed by atoms with van der Waals surface area (Å²) in [5.74, 6) is 0. The molecule has 0 aliphatic carbocycles. The van der Waals surface area contributed by atoms with Crippen molar-refractivity contribution in [2.75, 3.05) is 6.61 Å². The minimum atomic E-state index is -1.74. The maximum Gasteiger partial charge on any atom is 0.212 e. The Morgan fingerprint density at radius 3 is 2.17 bits per heavy atom. The van der Waals surface area contributed by atoms with Gasteiger partial charge in [0.05, 0.1) is 6.61 Å².